The lowest BCUT2D eigenvalue weighted by molar-refractivity contribution is 0.102. The summed E-state index contributed by atoms with van der Waals surface area (Å²) in [6.45, 7) is 1.81. The van der Waals surface area contributed by atoms with Crippen LogP contribution >= 0.6 is 27.3 Å². The van der Waals surface area contributed by atoms with Crippen molar-refractivity contribution in [2.75, 3.05) is 26.6 Å². The molecule has 1 N–H and O–H groups in total. The average Bonchev–Trinajstić information content (AvgIpc) is 2.91. The molecule has 0 aliphatic heterocycles. The summed E-state index contributed by atoms with van der Waals surface area (Å²) in [5, 5.41) is 11.6. The number of hydrogen-bond acceptors (Lipinski definition) is 7. The summed E-state index contributed by atoms with van der Waals surface area (Å²) < 4.78 is 16.3. The normalized spacial score (nSPS) is 10.2. The zero-order valence-corrected chi connectivity index (χ0v) is 14.8. The van der Waals surface area contributed by atoms with Gasteiger partial charge in [0.2, 0.25) is 10.9 Å². The molecule has 118 valence electrons. The molecule has 1 aromatic heterocycles. The molecule has 0 bridgehead atoms. The van der Waals surface area contributed by atoms with E-state index in [1.54, 1.807) is 6.07 Å². The lowest BCUT2D eigenvalue weighted by Gasteiger charge is -2.16. The molecule has 22 heavy (non-hydrogen) atoms. The summed E-state index contributed by atoms with van der Waals surface area (Å²) in [5.41, 5.74) is 0.336. The summed E-state index contributed by atoms with van der Waals surface area (Å²) in [6, 6.07) is 1.56. The number of anilines is 1. The highest BCUT2D eigenvalue weighted by molar-refractivity contribution is 9.10. The van der Waals surface area contributed by atoms with Gasteiger partial charge >= 0.3 is 0 Å². The number of aromatic nitrogens is 2. The van der Waals surface area contributed by atoms with E-state index in [-0.39, 0.29) is 5.91 Å². The van der Waals surface area contributed by atoms with Crippen molar-refractivity contribution in [3.8, 4) is 17.2 Å². The Labute approximate surface area is 139 Å². The molecule has 0 aliphatic rings. The Bertz CT molecular complexity index is 705. The van der Waals surface area contributed by atoms with Crippen LogP contribution < -0.4 is 19.5 Å². The molecule has 0 spiro atoms. The van der Waals surface area contributed by atoms with E-state index in [4.69, 9.17) is 14.2 Å². The second kappa shape index (κ2) is 6.93. The van der Waals surface area contributed by atoms with E-state index < -0.39 is 0 Å². The molecule has 2 aromatic rings. The van der Waals surface area contributed by atoms with Crippen LogP contribution in [0.1, 0.15) is 15.4 Å². The number of hydrogen-bond donors (Lipinski definition) is 1. The van der Waals surface area contributed by atoms with Crippen molar-refractivity contribution in [1.82, 2.24) is 10.2 Å². The quantitative estimate of drug-likeness (QED) is 0.848. The van der Waals surface area contributed by atoms with Gasteiger partial charge in [0.1, 0.15) is 5.01 Å². The van der Waals surface area contributed by atoms with Crippen LogP contribution in [0.4, 0.5) is 5.13 Å². The van der Waals surface area contributed by atoms with Crippen molar-refractivity contribution in [3.05, 3.63) is 21.1 Å². The van der Waals surface area contributed by atoms with E-state index in [0.717, 1.165) is 5.01 Å². The molecule has 0 atom stereocenters. The zero-order valence-electron chi connectivity index (χ0n) is 12.4. The minimum absolute atomic E-state index is 0.336. The number of ether oxygens (including phenoxy) is 3. The lowest BCUT2D eigenvalue weighted by Crippen LogP contribution is -2.13. The van der Waals surface area contributed by atoms with Gasteiger partial charge in [0.25, 0.3) is 5.91 Å². The third-order valence-electron chi connectivity index (χ3n) is 2.76. The number of rotatable bonds is 5. The zero-order chi connectivity index (χ0) is 16.3. The van der Waals surface area contributed by atoms with Gasteiger partial charge in [-0.15, -0.1) is 10.2 Å². The molecule has 0 radical (unpaired) electrons. The fourth-order valence-corrected chi connectivity index (χ4v) is 3.02. The highest BCUT2D eigenvalue weighted by atomic mass is 79.9. The fourth-order valence-electron chi connectivity index (χ4n) is 1.80. The second-order valence-electron chi connectivity index (χ2n) is 4.09. The molecule has 1 aromatic carbocycles. The molecule has 1 amide bonds. The first kappa shape index (κ1) is 16.5. The first-order chi connectivity index (χ1) is 10.5. The van der Waals surface area contributed by atoms with Crippen LogP contribution in [0.25, 0.3) is 0 Å². The molecule has 0 fully saturated rings. The number of carbonyl (C=O) groups is 1. The summed E-state index contributed by atoms with van der Waals surface area (Å²) in [5.74, 6) is 0.809. The molecular weight excluding hydrogens is 374 g/mol. The fraction of sp³-hybridized carbons (Fsp3) is 0.308. The van der Waals surface area contributed by atoms with Crippen molar-refractivity contribution in [2.24, 2.45) is 0 Å². The predicted molar refractivity (Wildman–Crippen MR) is 86.4 cm³/mol. The topological polar surface area (TPSA) is 82.6 Å². The Balaban J connectivity index is 2.43. The van der Waals surface area contributed by atoms with E-state index in [1.165, 1.54) is 32.7 Å². The molecule has 0 aliphatic carbocycles. The maximum Gasteiger partial charge on any atom is 0.258 e. The first-order valence-electron chi connectivity index (χ1n) is 6.11. The number of methoxy groups -OCH3 is 3. The van der Waals surface area contributed by atoms with E-state index in [1.807, 2.05) is 6.92 Å². The van der Waals surface area contributed by atoms with Crippen molar-refractivity contribution in [2.45, 2.75) is 6.92 Å². The predicted octanol–water partition coefficient (Wildman–Crippen LogP) is 2.89. The largest absolute Gasteiger partial charge is 0.493 e. The van der Waals surface area contributed by atoms with E-state index >= 15 is 0 Å². The summed E-state index contributed by atoms with van der Waals surface area (Å²) in [7, 11) is 4.47. The SMILES string of the molecule is COc1cc(C(=O)Nc2nnc(C)s2)c(Br)c(OC)c1OC. The van der Waals surface area contributed by atoms with Crippen LogP contribution in [0.5, 0.6) is 17.2 Å². The molecule has 2 rings (SSSR count). The summed E-state index contributed by atoms with van der Waals surface area (Å²) in [6.07, 6.45) is 0. The van der Waals surface area contributed by atoms with Crippen molar-refractivity contribution < 1.29 is 19.0 Å². The summed E-state index contributed by atoms with van der Waals surface area (Å²) in [4.78, 5) is 12.4. The Hall–Kier alpha value is -1.87. The van der Waals surface area contributed by atoms with Gasteiger partial charge in [0.15, 0.2) is 11.5 Å². The van der Waals surface area contributed by atoms with Crippen LogP contribution in [-0.4, -0.2) is 37.4 Å². The third kappa shape index (κ3) is 3.14. The number of carbonyl (C=O) groups excluding carboxylic acids is 1. The Kier molecular flexibility index (Phi) is 5.19. The number of nitrogens with zero attached hydrogens (tertiary/aromatic N) is 2. The standard InChI is InChI=1S/C13H14BrN3O4S/c1-6-16-17-13(22-6)15-12(18)7-5-8(19-2)10(20-3)11(21-4)9(7)14/h5H,1-4H3,(H,15,17,18). The maximum absolute atomic E-state index is 12.4. The van der Waals surface area contributed by atoms with Gasteiger partial charge in [-0.1, -0.05) is 11.3 Å². The van der Waals surface area contributed by atoms with Crippen LogP contribution in [0.3, 0.4) is 0 Å². The number of nitrogens with one attached hydrogen (secondary N) is 1. The minimum atomic E-state index is -0.359. The van der Waals surface area contributed by atoms with Crippen molar-refractivity contribution in [1.29, 1.82) is 0 Å². The van der Waals surface area contributed by atoms with Crippen LogP contribution in [0.2, 0.25) is 0 Å². The molecule has 7 nitrogen and oxygen atoms in total. The molecule has 9 heteroatoms. The van der Waals surface area contributed by atoms with Gasteiger partial charge in [-0.25, -0.2) is 0 Å². The average molecular weight is 388 g/mol. The second-order valence-corrected chi connectivity index (χ2v) is 6.06. The van der Waals surface area contributed by atoms with Crippen LogP contribution in [0, 0.1) is 6.92 Å². The molecular formula is C13H14BrN3O4S. The lowest BCUT2D eigenvalue weighted by atomic mass is 10.1. The van der Waals surface area contributed by atoms with E-state index in [2.05, 4.69) is 31.4 Å². The Morgan fingerprint density at radius 3 is 2.36 bits per heavy atom. The Morgan fingerprint density at radius 2 is 1.86 bits per heavy atom. The number of benzene rings is 1. The van der Waals surface area contributed by atoms with Gasteiger partial charge in [-0.3, -0.25) is 10.1 Å². The first-order valence-corrected chi connectivity index (χ1v) is 7.72. The maximum atomic E-state index is 12.4. The van der Waals surface area contributed by atoms with Gasteiger partial charge < -0.3 is 14.2 Å². The number of aryl methyl sites for hydroxylation is 1. The monoisotopic (exact) mass is 387 g/mol. The van der Waals surface area contributed by atoms with E-state index in [9.17, 15) is 4.79 Å². The van der Waals surface area contributed by atoms with Crippen molar-refractivity contribution in [3.63, 3.8) is 0 Å². The van der Waals surface area contributed by atoms with Crippen molar-refractivity contribution >= 4 is 38.3 Å². The molecule has 1 heterocycles. The van der Waals surface area contributed by atoms with Gasteiger partial charge in [0, 0.05) is 0 Å². The van der Waals surface area contributed by atoms with Crippen LogP contribution in [-0.2, 0) is 0 Å². The highest BCUT2D eigenvalue weighted by Gasteiger charge is 2.23. The van der Waals surface area contributed by atoms with Crippen LogP contribution in [0.15, 0.2) is 10.5 Å². The minimum Gasteiger partial charge on any atom is -0.493 e. The molecule has 0 saturated heterocycles. The van der Waals surface area contributed by atoms with E-state index in [0.29, 0.717) is 32.4 Å². The third-order valence-corrected chi connectivity index (χ3v) is 4.30. The molecule has 0 unspecified atom stereocenters. The molecule has 0 saturated carbocycles. The number of amides is 1. The highest BCUT2D eigenvalue weighted by Crippen LogP contribution is 2.44. The Morgan fingerprint density at radius 1 is 1.18 bits per heavy atom. The summed E-state index contributed by atoms with van der Waals surface area (Å²) >= 11 is 4.65. The van der Waals surface area contributed by atoms with Gasteiger partial charge in [-0.05, 0) is 28.9 Å². The smallest absolute Gasteiger partial charge is 0.258 e. The number of halogens is 1. The van der Waals surface area contributed by atoms with Gasteiger partial charge in [0.05, 0.1) is 31.4 Å². The van der Waals surface area contributed by atoms with Gasteiger partial charge in [-0.2, -0.15) is 0 Å².